The van der Waals surface area contributed by atoms with Crippen molar-refractivity contribution in [3.63, 3.8) is 0 Å². The first-order chi connectivity index (χ1) is 9.29. The highest BCUT2D eigenvalue weighted by Gasteiger charge is 2.30. The van der Waals surface area contributed by atoms with E-state index in [9.17, 15) is 4.79 Å². The molecule has 1 aromatic heterocycles. The number of nitrogens with zero attached hydrogens (tertiary/aromatic N) is 1. The molecule has 0 atom stereocenters. The van der Waals surface area contributed by atoms with Gasteiger partial charge in [0.1, 0.15) is 5.15 Å². The van der Waals surface area contributed by atoms with Crippen LogP contribution >= 0.6 is 11.6 Å². The molecule has 0 radical (unpaired) electrons. The summed E-state index contributed by atoms with van der Waals surface area (Å²) in [6.45, 7) is 6.13. The van der Waals surface area contributed by atoms with Crippen LogP contribution in [-0.4, -0.2) is 30.1 Å². The van der Waals surface area contributed by atoms with Crippen molar-refractivity contribution in [3.8, 4) is 0 Å². The number of carbonyl (C=O) groups is 1. The molecule has 0 spiro atoms. The molecule has 0 aromatic carbocycles. The maximum atomic E-state index is 12.2. The third-order valence-electron chi connectivity index (χ3n) is 3.59. The highest BCUT2D eigenvalue weighted by molar-refractivity contribution is 6.29. The van der Waals surface area contributed by atoms with E-state index in [-0.39, 0.29) is 23.5 Å². The number of nitrogens with one attached hydrogen (secondary N) is 1. The molecule has 0 saturated heterocycles. The smallest absolute Gasteiger partial charge is 0.251 e. The Hall–Kier alpha value is -1.13. The average Bonchev–Trinajstić information content (AvgIpc) is 2.31. The molecule has 110 valence electrons. The molecule has 4 nitrogen and oxygen atoms in total. The summed E-state index contributed by atoms with van der Waals surface area (Å²) in [5.41, 5.74) is 1.24. The highest BCUT2D eigenvalue weighted by atomic mass is 35.5. The second-order valence-electron chi connectivity index (χ2n) is 6.31. The van der Waals surface area contributed by atoms with Gasteiger partial charge in [-0.2, -0.15) is 0 Å². The summed E-state index contributed by atoms with van der Waals surface area (Å²) < 4.78 is 5.20. The van der Waals surface area contributed by atoms with Gasteiger partial charge in [-0.25, -0.2) is 4.98 Å². The molecule has 1 heterocycles. The predicted molar refractivity (Wildman–Crippen MR) is 79.2 cm³/mol. The van der Waals surface area contributed by atoms with Gasteiger partial charge in [-0.15, -0.1) is 0 Å². The van der Waals surface area contributed by atoms with E-state index in [2.05, 4.69) is 10.3 Å². The fourth-order valence-corrected chi connectivity index (χ4v) is 2.37. The first-order valence-corrected chi connectivity index (χ1v) is 7.19. The van der Waals surface area contributed by atoms with Crippen molar-refractivity contribution < 1.29 is 9.53 Å². The molecule has 0 unspecified atom stereocenters. The van der Waals surface area contributed by atoms with Gasteiger partial charge in [0, 0.05) is 29.8 Å². The van der Waals surface area contributed by atoms with Crippen molar-refractivity contribution in [2.75, 3.05) is 7.11 Å². The van der Waals surface area contributed by atoms with Gasteiger partial charge in [-0.05, 0) is 25.0 Å². The Labute approximate surface area is 124 Å². The van der Waals surface area contributed by atoms with E-state index in [1.165, 1.54) is 0 Å². The molecular formula is C15H21ClN2O2. The minimum atomic E-state index is -0.141. The lowest BCUT2D eigenvalue weighted by molar-refractivity contribution is 0.0176. The summed E-state index contributed by atoms with van der Waals surface area (Å²) in [4.78, 5) is 16.5. The van der Waals surface area contributed by atoms with Gasteiger partial charge >= 0.3 is 0 Å². The number of ether oxygens (including phenoxy) is 1. The molecule has 1 aromatic rings. The molecule has 20 heavy (non-hydrogen) atoms. The van der Waals surface area contributed by atoms with Crippen LogP contribution in [0.15, 0.2) is 12.1 Å². The number of rotatable bonds is 3. The van der Waals surface area contributed by atoms with E-state index in [1.54, 1.807) is 13.2 Å². The van der Waals surface area contributed by atoms with Crippen molar-refractivity contribution in [3.05, 3.63) is 28.5 Å². The average molecular weight is 297 g/mol. The molecule has 1 saturated carbocycles. The normalized spacial score (nSPS) is 22.2. The maximum Gasteiger partial charge on any atom is 0.251 e. The third kappa shape index (κ3) is 3.49. The van der Waals surface area contributed by atoms with Crippen molar-refractivity contribution in [1.82, 2.24) is 10.3 Å². The van der Waals surface area contributed by atoms with Gasteiger partial charge in [0.05, 0.1) is 6.10 Å². The number of amides is 1. The summed E-state index contributed by atoms with van der Waals surface area (Å²) in [5, 5.41) is 3.35. The van der Waals surface area contributed by atoms with Crippen LogP contribution in [0.3, 0.4) is 0 Å². The number of hydrogen-bond acceptors (Lipinski definition) is 3. The molecule has 0 aliphatic heterocycles. The van der Waals surface area contributed by atoms with Crippen molar-refractivity contribution in [2.45, 2.75) is 51.2 Å². The Bertz CT molecular complexity index is 505. The largest absolute Gasteiger partial charge is 0.381 e. The first-order valence-electron chi connectivity index (χ1n) is 6.81. The Morgan fingerprint density at radius 1 is 1.40 bits per heavy atom. The Balaban J connectivity index is 2.08. The number of halogens is 1. The van der Waals surface area contributed by atoms with Crippen LogP contribution in [0.1, 0.15) is 49.7 Å². The van der Waals surface area contributed by atoms with Crippen LogP contribution in [0.2, 0.25) is 5.15 Å². The van der Waals surface area contributed by atoms with Crippen LogP contribution in [-0.2, 0) is 10.2 Å². The lowest BCUT2D eigenvalue weighted by atomic mass is 9.88. The van der Waals surface area contributed by atoms with Crippen LogP contribution in [0.4, 0.5) is 0 Å². The molecule has 2 rings (SSSR count). The predicted octanol–water partition coefficient (Wildman–Crippen LogP) is 2.94. The zero-order valence-corrected chi connectivity index (χ0v) is 13.1. The fraction of sp³-hybridized carbons (Fsp3) is 0.600. The number of methoxy groups -OCH3 is 1. The monoisotopic (exact) mass is 296 g/mol. The second kappa shape index (κ2) is 5.70. The molecule has 1 aliphatic rings. The van der Waals surface area contributed by atoms with Crippen molar-refractivity contribution >= 4 is 17.5 Å². The highest BCUT2D eigenvalue weighted by Crippen LogP contribution is 2.25. The van der Waals surface area contributed by atoms with Gasteiger partial charge in [0.2, 0.25) is 0 Å². The minimum absolute atomic E-state index is 0.0978. The number of aromatic nitrogens is 1. The summed E-state index contributed by atoms with van der Waals surface area (Å²) in [6, 6.07) is 3.62. The Kier molecular flexibility index (Phi) is 4.35. The summed E-state index contributed by atoms with van der Waals surface area (Å²) in [6.07, 6.45) is 2.01. The topological polar surface area (TPSA) is 51.2 Å². The second-order valence-corrected chi connectivity index (χ2v) is 6.70. The zero-order chi connectivity index (χ0) is 14.9. The minimum Gasteiger partial charge on any atom is -0.381 e. The van der Waals surface area contributed by atoms with E-state index in [0.717, 1.165) is 18.5 Å². The van der Waals surface area contributed by atoms with E-state index in [4.69, 9.17) is 16.3 Å². The zero-order valence-electron chi connectivity index (χ0n) is 12.4. The van der Waals surface area contributed by atoms with Gasteiger partial charge in [0.15, 0.2) is 0 Å². The van der Waals surface area contributed by atoms with E-state index in [1.807, 2.05) is 26.8 Å². The molecule has 0 bridgehead atoms. The van der Waals surface area contributed by atoms with E-state index >= 15 is 0 Å². The standard InChI is InChI=1S/C15H21ClN2O2/c1-15(2,3)12-5-9(6-13(16)18-12)14(19)17-10-7-11(8-10)20-4/h5-6,10-11H,7-8H2,1-4H3,(H,17,19). The van der Waals surface area contributed by atoms with E-state index < -0.39 is 0 Å². The van der Waals surface area contributed by atoms with Gasteiger partial charge < -0.3 is 10.1 Å². The Morgan fingerprint density at radius 3 is 2.60 bits per heavy atom. The third-order valence-corrected chi connectivity index (χ3v) is 3.78. The van der Waals surface area contributed by atoms with Gasteiger partial charge in [0.25, 0.3) is 5.91 Å². The van der Waals surface area contributed by atoms with E-state index in [0.29, 0.717) is 10.7 Å². The van der Waals surface area contributed by atoms with Crippen LogP contribution < -0.4 is 5.32 Å². The van der Waals surface area contributed by atoms with Crippen LogP contribution in [0.25, 0.3) is 0 Å². The summed E-state index contributed by atoms with van der Waals surface area (Å²) in [5.74, 6) is -0.0978. The molecule has 1 N–H and O–H groups in total. The first kappa shape index (κ1) is 15.3. The number of hydrogen-bond donors (Lipinski definition) is 1. The lowest BCUT2D eigenvalue weighted by Gasteiger charge is -2.34. The van der Waals surface area contributed by atoms with Gasteiger partial charge in [-0.3, -0.25) is 4.79 Å². The fourth-order valence-electron chi connectivity index (χ4n) is 2.16. The molecule has 1 fully saturated rings. The molecular weight excluding hydrogens is 276 g/mol. The van der Waals surface area contributed by atoms with Gasteiger partial charge in [-0.1, -0.05) is 32.4 Å². The summed E-state index contributed by atoms with van der Waals surface area (Å²) in [7, 11) is 1.70. The number of pyridine rings is 1. The SMILES string of the molecule is COC1CC(NC(=O)c2cc(Cl)nc(C(C)(C)C)c2)C1. The lowest BCUT2D eigenvalue weighted by Crippen LogP contribution is -2.47. The van der Waals surface area contributed by atoms with Crippen molar-refractivity contribution in [1.29, 1.82) is 0 Å². The maximum absolute atomic E-state index is 12.2. The molecule has 1 amide bonds. The van der Waals surface area contributed by atoms with Crippen LogP contribution in [0, 0.1) is 0 Å². The van der Waals surface area contributed by atoms with Crippen molar-refractivity contribution in [2.24, 2.45) is 0 Å². The molecule has 5 heteroatoms. The molecule has 1 aliphatic carbocycles. The summed E-state index contributed by atoms with van der Waals surface area (Å²) >= 11 is 6.02. The Morgan fingerprint density at radius 2 is 2.05 bits per heavy atom. The van der Waals surface area contributed by atoms with Crippen LogP contribution in [0.5, 0.6) is 0 Å². The quantitative estimate of drug-likeness (QED) is 0.873. The number of carbonyl (C=O) groups excluding carboxylic acids is 1.